The summed E-state index contributed by atoms with van der Waals surface area (Å²) in [6, 6.07) is 13.3. The van der Waals surface area contributed by atoms with Crippen molar-refractivity contribution in [1.82, 2.24) is 9.80 Å². The first-order valence-electron chi connectivity index (χ1n) is 11.0. The second-order valence-electron chi connectivity index (χ2n) is 8.72. The Hall–Kier alpha value is -2.43. The van der Waals surface area contributed by atoms with E-state index in [1.165, 1.54) is 11.4 Å². The van der Waals surface area contributed by atoms with Gasteiger partial charge < -0.3 is 4.90 Å². The molecule has 0 spiro atoms. The topological polar surface area (TPSA) is 95.1 Å². The monoisotopic (exact) mass is 491 g/mol. The maximum Gasteiger partial charge on any atom is 0.264 e. The van der Waals surface area contributed by atoms with Gasteiger partial charge in [0.2, 0.25) is 0 Å². The van der Waals surface area contributed by atoms with E-state index in [-0.39, 0.29) is 28.4 Å². The summed E-state index contributed by atoms with van der Waals surface area (Å²) in [6.07, 6.45) is 0.663. The van der Waals surface area contributed by atoms with E-state index >= 15 is 0 Å². The van der Waals surface area contributed by atoms with Crippen LogP contribution in [-0.2, 0) is 19.9 Å². The van der Waals surface area contributed by atoms with Gasteiger partial charge in [0.15, 0.2) is 9.84 Å². The lowest BCUT2D eigenvalue weighted by molar-refractivity contribution is 0.0588. The molecule has 178 valence electrons. The van der Waals surface area contributed by atoms with Crippen molar-refractivity contribution in [2.24, 2.45) is 0 Å². The molecule has 0 saturated carbocycles. The smallest absolute Gasteiger partial charge is 0.264 e. The van der Waals surface area contributed by atoms with Crippen molar-refractivity contribution in [2.75, 3.05) is 49.0 Å². The molecule has 2 heterocycles. The molecule has 2 saturated heterocycles. The van der Waals surface area contributed by atoms with Gasteiger partial charge >= 0.3 is 0 Å². The fraction of sp³-hybridized carbons (Fsp3) is 0.435. The van der Waals surface area contributed by atoms with Crippen LogP contribution < -0.4 is 4.31 Å². The summed E-state index contributed by atoms with van der Waals surface area (Å²) in [6.45, 7) is 4.29. The Bertz CT molecular complexity index is 1220. The van der Waals surface area contributed by atoms with Gasteiger partial charge in [0.1, 0.15) is 0 Å². The highest BCUT2D eigenvalue weighted by molar-refractivity contribution is 7.92. The molecule has 1 atom stereocenters. The van der Waals surface area contributed by atoms with Crippen molar-refractivity contribution in [3.8, 4) is 0 Å². The largest absolute Gasteiger partial charge is 0.336 e. The van der Waals surface area contributed by atoms with Crippen LogP contribution in [0.4, 0.5) is 5.69 Å². The van der Waals surface area contributed by atoms with Gasteiger partial charge in [-0.3, -0.25) is 14.0 Å². The predicted molar refractivity (Wildman–Crippen MR) is 128 cm³/mol. The Morgan fingerprint density at radius 2 is 1.58 bits per heavy atom. The van der Waals surface area contributed by atoms with Crippen LogP contribution in [0.25, 0.3) is 0 Å². The molecule has 0 aromatic heterocycles. The first kappa shape index (κ1) is 23.7. The molecule has 2 aliphatic heterocycles. The first-order valence-corrected chi connectivity index (χ1v) is 14.2. The molecule has 0 aliphatic carbocycles. The lowest BCUT2D eigenvalue weighted by Gasteiger charge is -2.37. The van der Waals surface area contributed by atoms with E-state index < -0.39 is 19.9 Å². The number of nitrogens with zero attached hydrogens (tertiary/aromatic N) is 3. The van der Waals surface area contributed by atoms with Gasteiger partial charge in [-0.25, -0.2) is 16.8 Å². The Morgan fingerprint density at radius 3 is 2.12 bits per heavy atom. The molecule has 0 N–H and O–H groups in total. The minimum atomic E-state index is -3.70. The molecule has 33 heavy (non-hydrogen) atoms. The maximum atomic E-state index is 12.9. The zero-order chi connectivity index (χ0) is 23.8. The number of aryl methyl sites for hydroxylation is 1. The van der Waals surface area contributed by atoms with E-state index in [0.29, 0.717) is 43.9 Å². The molecule has 8 nitrogen and oxygen atoms in total. The third kappa shape index (κ3) is 5.07. The van der Waals surface area contributed by atoms with E-state index in [2.05, 4.69) is 4.90 Å². The lowest BCUT2D eigenvalue weighted by Crippen LogP contribution is -2.52. The molecule has 2 aromatic carbocycles. The molecule has 1 amide bonds. The molecule has 10 heteroatoms. The quantitative estimate of drug-likeness (QED) is 0.633. The standard InChI is InChI=1S/C23H29N3O5S2/c1-18-3-9-22(10-4-18)33(30,31)24(2)20-7-5-19(6-8-20)23(27)26-14-12-25(13-15-26)21-11-16-32(28,29)17-21/h3-10,21H,11-17H2,1-2H3. The predicted octanol–water partition coefficient (Wildman–Crippen LogP) is 1.77. The number of carbonyl (C=O) groups is 1. The van der Waals surface area contributed by atoms with Crippen molar-refractivity contribution in [3.63, 3.8) is 0 Å². The first-order chi connectivity index (χ1) is 15.6. The summed E-state index contributed by atoms with van der Waals surface area (Å²) in [5.74, 6) is 0.350. The third-order valence-electron chi connectivity index (χ3n) is 6.48. The number of carbonyl (C=O) groups excluding carboxylic acids is 1. The van der Waals surface area contributed by atoms with Gasteiger partial charge in [0.25, 0.3) is 15.9 Å². The number of anilines is 1. The van der Waals surface area contributed by atoms with Crippen molar-refractivity contribution < 1.29 is 21.6 Å². The zero-order valence-electron chi connectivity index (χ0n) is 18.8. The average Bonchev–Trinajstić information content (AvgIpc) is 3.18. The summed E-state index contributed by atoms with van der Waals surface area (Å²) in [4.78, 5) is 17.1. The maximum absolute atomic E-state index is 12.9. The second kappa shape index (κ2) is 9.08. The Kier molecular flexibility index (Phi) is 6.52. The fourth-order valence-electron chi connectivity index (χ4n) is 4.36. The van der Waals surface area contributed by atoms with Crippen molar-refractivity contribution in [3.05, 3.63) is 59.7 Å². The summed E-state index contributed by atoms with van der Waals surface area (Å²) in [5, 5.41) is 0. The second-order valence-corrected chi connectivity index (χ2v) is 12.9. The van der Waals surface area contributed by atoms with Crippen molar-refractivity contribution >= 4 is 31.5 Å². The van der Waals surface area contributed by atoms with Crippen molar-refractivity contribution in [2.45, 2.75) is 24.3 Å². The lowest BCUT2D eigenvalue weighted by atomic mass is 10.1. The molecule has 0 radical (unpaired) electrons. The number of benzene rings is 2. The molecule has 2 fully saturated rings. The van der Waals surface area contributed by atoms with E-state index in [1.54, 1.807) is 53.4 Å². The summed E-state index contributed by atoms with van der Waals surface area (Å²) in [5.41, 5.74) is 1.95. The number of rotatable bonds is 5. The van der Waals surface area contributed by atoms with Crippen LogP contribution >= 0.6 is 0 Å². The fourth-order valence-corrected chi connectivity index (χ4v) is 7.31. The SMILES string of the molecule is Cc1ccc(S(=O)(=O)N(C)c2ccc(C(=O)N3CCN(C4CCS(=O)(=O)C4)CC3)cc2)cc1. The number of sulfone groups is 1. The highest BCUT2D eigenvalue weighted by atomic mass is 32.2. The zero-order valence-corrected chi connectivity index (χ0v) is 20.5. The molecule has 2 aliphatic rings. The van der Waals surface area contributed by atoms with E-state index in [0.717, 1.165) is 5.56 Å². The highest BCUT2D eigenvalue weighted by Crippen LogP contribution is 2.24. The molecular weight excluding hydrogens is 462 g/mol. The molecular formula is C23H29N3O5S2. The number of amides is 1. The van der Waals surface area contributed by atoms with Crippen LogP contribution in [0.5, 0.6) is 0 Å². The Labute approximate surface area is 195 Å². The van der Waals surface area contributed by atoms with Gasteiger partial charge in [-0.15, -0.1) is 0 Å². The van der Waals surface area contributed by atoms with Crippen LogP contribution in [0, 0.1) is 6.92 Å². The molecule has 0 bridgehead atoms. The minimum absolute atomic E-state index is 0.0533. The Morgan fingerprint density at radius 1 is 0.970 bits per heavy atom. The number of hydrogen-bond acceptors (Lipinski definition) is 6. The van der Waals surface area contributed by atoms with Gasteiger partial charge in [0, 0.05) is 44.8 Å². The van der Waals surface area contributed by atoms with Gasteiger partial charge in [0.05, 0.1) is 22.1 Å². The summed E-state index contributed by atoms with van der Waals surface area (Å²) >= 11 is 0. The average molecular weight is 492 g/mol. The van der Waals surface area contributed by atoms with Crippen LogP contribution in [0.2, 0.25) is 0 Å². The van der Waals surface area contributed by atoms with Crippen LogP contribution in [0.1, 0.15) is 22.3 Å². The van der Waals surface area contributed by atoms with E-state index in [9.17, 15) is 21.6 Å². The summed E-state index contributed by atoms with van der Waals surface area (Å²) < 4.78 is 50.5. The normalized spacial score (nSPS) is 21.2. The van der Waals surface area contributed by atoms with Crippen LogP contribution in [0.15, 0.2) is 53.4 Å². The van der Waals surface area contributed by atoms with Crippen LogP contribution in [0.3, 0.4) is 0 Å². The van der Waals surface area contributed by atoms with Crippen LogP contribution in [-0.4, -0.2) is 83.3 Å². The third-order valence-corrected chi connectivity index (χ3v) is 10.0. The van der Waals surface area contributed by atoms with Gasteiger partial charge in [-0.2, -0.15) is 0 Å². The van der Waals surface area contributed by atoms with E-state index in [4.69, 9.17) is 0 Å². The van der Waals surface area contributed by atoms with Crippen molar-refractivity contribution in [1.29, 1.82) is 0 Å². The van der Waals surface area contributed by atoms with Gasteiger partial charge in [-0.05, 0) is 49.7 Å². The molecule has 4 rings (SSSR count). The van der Waals surface area contributed by atoms with Gasteiger partial charge in [-0.1, -0.05) is 17.7 Å². The minimum Gasteiger partial charge on any atom is -0.336 e. The summed E-state index contributed by atoms with van der Waals surface area (Å²) in [7, 11) is -5.13. The molecule has 1 unspecified atom stereocenters. The number of piperazine rings is 1. The Balaban J connectivity index is 1.39. The van der Waals surface area contributed by atoms with E-state index in [1.807, 2.05) is 6.92 Å². The highest BCUT2D eigenvalue weighted by Gasteiger charge is 2.34. The number of sulfonamides is 1. The molecule has 2 aromatic rings. The number of hydrogen-bond donors (Lipinski definition) is 0.